The minimum atomic E-state index is 0.540. The van der Waals surface area contributed by atoms with Crippen LogP contribution in [0.4, 0.5) is 0 Å². The van der Waals surface area contributed by atoms with E-state index in [1.807, 2.05) is 41.9 Å². The second-order valence-electron chi connectivity index (χ2n) is 6.31. The molecule has 0 aliphatic heterocycles. The van der Waals surface area contributed by atoms with E-state index in [0.717, 1.165) is 29.2 Å². The lowest BCUT2D eigenvalue weighted by Crippen LogP contribution is -2.14. The SMILES string of the molecule is COc1cc(CNCc2c(C)nn(-c3ccccc3)c2C)cc(Cl)c1OC. The number of para-hydroxylation sites is 1. The van der Waals surface area contributed by atoms with Gasteiger partial charge in [0.2, 0.25) is 0 Å². The van der Waals surface area contributed by atoms with E-state index in [1.54, 1.807) is 14.2 Å². The first-order valence-corrected chi connectivity index (χ1v) is 9.14. The van der Waals surface area contributed by atoms with Crippen LogP contribution in [0.15, 0.2) is 42.5 Å². The highest BCUT2D eigenvalue weighted by atomic mass is 35.5. The van der Waals surface area contributed by atoms with E-state index in [2.05, 4.69) is 29.5 Å². The van der Waals surface area contributed by atoms with Crippen LogP contribution in [0.5, 0.6) is 11.5 Å². The molecule has 0 aliphatic carbocycles. The Morgan fingerprint density at radius 1 is 1.04 bits per heavy atom. The summed E-state index contributed by atoms with van der Waals surface area (Å²) in [6, 6.07) is 14.0. The lowest BCUT2D eigenvalue weighted by Gasteiger charge is -2.12. The summed E-state index contributed by atoms with van der Waals surface area (Å²) < 4.78 is 12.6. The number of hydrogen-bond acceptors (Lipinski definition) is 4. The molecule has 0 atom stereocenters. The molecule has 0 saturated carbocycles. The van der Waals surface area contributed by atoms with Gasteiger partial charge in [-0.25, -0.2) is 4.68 Å². The molecule has 1 heterocycles. The lowest BCUT2D eigenvalue weighted by atomic mass is 10.1. The molecule has 142 valence electrons. The minimum Gasteiger partial charge on any atom is -0.493 e. The number of aryl methyl sites for hydroxylation is 1. The molecule has 0 amide bonds. The molecule has 27 heavy (non-hydrogen) atoms. The number of ether oxygens (including phenoxy) is 2. The maximum atomic E-state index is 6.28. The summed E-state index contributed by atoms with van der Waals surface area (Å²) >= 11 is 6.28. The third-order valence-electron chi connectivity index (χ3n) is 4.57. The van der Waals surface area contributed by atoms with Crippen LogP contribution in [0, 0.1) is 13.8 Å². The van der Waals surface area contributed by atoms with E-state index in [4.69, 9.17) is 21.1 Å². The molecule has 0 saturated heterocycles. The van der Waals surface area contributed by atoms with Crippen molar-refractivity contribution in [2.24, 2.45) is 0 Å². The molecule has 0 radical (unpaired) electrons. The highest BCUT2D eigenvalue weighted by Gasteiger charge is 2.14. The molecule has 0 spiro atoms. The van der Waals surface area contributed by atoms with Gasteiger partial charge in [-0.05, 0) is 43.7 Å². The Morgan fingerprint density at radius 3 is 2.44 bits per heavy atom. The molecule has 5 nitrogen and oxygen atoms in total. The maximum absolute atomic E-state index is 6.28. The number of nitrogens with one attached hydrogen (secondary N) is 1. The van der Waals surface area contributed by atoms with Crippen molar-refractivity contribution >= 4 is 11.6 Å². The zero-order chi connectivity index (χ0) is 19.4. The standard InChI is InChI=1S/C21H24ClN3O2/c1-14-18(15(2)25(24-14)17-8-6-5-7-9-17)13-23-12-16-10-19(22)21(27-4)20(11-16)26-3/h5-11,23H,12-13H2,1-4H3. The van der Waals surface area contributed by atoms with Gasteiger partial charge in [0.25, 0.3) is 0 Å². The fourth-order valence-electron chi connectivity index (χ4n) is 3.16. The summed E-state index contributed by atoms with van der Waals surface area (Å²) in [6.07, 6.45) is 0. The summed E-state index contributed by atoms with van der Waals surface area (Å²) in [5.41, 5.74) is 5.45. The zero-order valence-electron chi connectivity index (χ0n) is 16.0. The van der Waals surface area contributed by atoms with Crippen LogP contribution in [0.2, 0.25) is 5.02 Å². The fraction of sp³-hybridized carbons (Fsp3) is 0.286. The van der Waals surface area contributed by atoms with E-state index in [1.165, 1.54) is 5.56 Å². The van der Waals surface area contributed by atoms with Crippen molar-refractivity contribution in [3.63, 3.8) is 0 Å². The summed E-state index contributed by atoms with van der Waals surface area (Å²) in [4.78, 5) is 0. The Morgan fingerprint density at radius 2 is 1.78 bits per heavy atom. The average Bonchev–Trinajstić information content (AvgIpc) is 2.96. The number of aromatic nitrogens is 2. The quantitative estimate of drug-likeness (QED) is 0.652. The van der Waals surface area contributed by atoms with E-state index in [9.17, 15) is 0 Å². The molecule has 3 rings (SSSR count). The predicted octanol–water partition coefficient (Wildman–Crippen LogP) is 4.45. The van der Waals surface area contributed by atoms with Crippen LogP contribution in [-0.2, 0) is 13.1 Å². The van der Waals surface area contributed by atoms with Crippen LogP contribution < -0.4 is 14.8 Å². The number of benzene rings is 2. The monoisotopic (exact) mass is 385 g/mol. The molecule has 1 aromatic heterocycles. The van der Waals surface area contributed by atoms with E-state index in [-0.39, 0.29) is 0 Å². The predicted molar refractivity (Wildman–Crippen MR) is 108 cm³/mol. The van der Waals surface area contributed by atoms with Gasteiger partial charge in [-0.3, -0.25) is 0 Å². The van der Waals surface area contributed by atoms with Gasteiger partial charge in [-0.2, -0.15) is 5.10 Å². The van der Waals surface area contributed by atoms with Crippen molar-refractivity contribution in [2.75, 3.05) is 14.2 Å². The molecule has 0 fully saturated rings. The maximum Gasteiger partial charge on any atom is 0.179 e. The molecule has 2 aromatic carbocycles. The van der Waals surface area contributed by atoms with Gasteiger partial charge >= 0.3 is 0 Å². The van der Waals surface area contributed by atoms with Gasteiger partial charge < -0.3 is 14.8 Å². The topological polar surface area (TPSA) is 48.3 Å². The van der Waals surface area contributed by atoms with Gasteiger partial charge in [0, 0.05) is 24.3 Å². The number of hydrogen-bond donors (Lipinski definition) is 1. The molecular formula is C21H24ClN3O2. The van der Waals surface area contributed by atoms with Gasteiger partial charge in [0.05, 0.1) is 30.6 Å². The van der Waals surface area contributed by atoms with Crippen molar-refractivity contribution in [1.82, 2.24) is 15.1 Å². The first-order chi connectivity index (χ1) is 13.0. The molecule has 0 unspecified atom stereocenters. The normalized spacial score (nSPS) is 10.9. The average molecular weight is 386 g/mol. The smallest absolute Gasteiger partial charge is 0.179 e. The van der Waals surface area contributed by atoms with Crippen molar-refractivity contribution in [3.8, 4) is 17.2 Å². The van der Waals surface area contributed by atoms with Crippen molar-refractivity contribution in [2.45, 2.75) is 26.9 Å². The molecule has 0 aliphatic rings. The number of methoxy groups -OCH3 is 2. The summed E-state index contributed by atoms with van der Waals surface area (Å²) in [5, 5.41) is 8.70. The van der Waals surface area contributed by atoms with Gasteiger partial charge in [0.1, 0.15) is 0 Å². The van der Waals surface area contributed by atoms with Crippen LogP contribution in [0.1, 0.15) is 22.5 Å². The van der Waals surface area contributed by atoms with Crippen molar-refractivity contribution in [1.29, 1.82) is 0 Å². The Balaban J connectivity index is 1.73. The minimum absolute atomic E-state index is 0.540. The molecule has 3 aromatic rings. The largest absolute Gasteiger partial charge is 0.493 e. The highest BCUT2D eigenvalue weighted by molar-refractivity contribution is 6.32. The lowest BCUT2D eigenvalue weighted by molar-refractivity contribution is 0.354. The van der Waals surface area contributed by atoms with Crippen molar-refractivity contribution in [3.05, 3.63) is 70.0 Å². The first-order valence-electron chi connectivity index (χ1n) is 8.76. The van der Waals surface area contributed by atoms with Crippen molar-refractivity contribution < 1.29 is 9.47 Å². The van der Waals surface area contributed by atoms with Crippen LogP contribution in [0.3, 0.4) is 0 Å². The Kier molecular flexibility index (Phi) is 6.04. The van der Waals surface area contributed by atoms with Gasteiger partial charge in [0.15, 0.2) is 11.5 Å². The Labute approximate surface area is 164 Å². The van der Waals surface area contributed by atoms with Crippen LogP contribution >= 0.6 is 11.6 Å². The van der Waals surface area contributed by atoms with E-state index in [0.29, 0.717) is 23.1 Å². The van der Waals surface area contributed by atoms with Crippen LogP contribution in [0.25, 0.3) is 5.69 Å². The number of nitrogens with zero attached hydrogens (tertiary/aromatic N) is 2. The second-order valence-corrected chi connectivity index (χ2v) is 6.72. The molecule has 1 N–H and O–H groups in total. The third-order valence-corrected chi connectivity index (χ3v) is 4.85. The molecular weight excluding hydrogens is 362 g/mol. The second kappa shape index (κ2) is 8.46. The Bertz CT molecular complexity index is 923. The third kappa shape index (κ3) is 4.10. The number of halogens is 1. The first kappa shape index (κ1) is 19.3. The van der Waals surface area contributed by atoms with E-state index < -0.39 is 0 Å². The van der Waals surface area contributed by atoms with Crippen LogP contribution in [-0.4, -0.2) is 24.0 Å². The van der Waals surface area contributed by atoms with Gasteiger partial charge in [-0.1, -0.05) is 29.8 Å². The van der Waals surface area contributed by atoms with Gasteiger partial charge in [-0.15, -0.1) is 0 Å². The fourth-order valence-corrected chi connectivity index (χ4v) is 3.47. The summed E-state index contributed by atoms with van der Waals surface area (Å²) in [7, 11) is 3.19. The molecule has 6 heteroatoms. The zero-order valence-corrected chi connectivity index (χ0v) is 16.8. The molecule has 0 bridgehead atoms. The highest BCUT2D eigenvalue weighted by Crippen LogP contribution is 2.36. The van der Waals surface area contributed by atoms with E-state index >= 15 is 0 Å². The number of rotatable bonds is 7. The summed E-state index contributed by atoms with van der Waals surface area (Å²) in [5.74, 6) is 1.19. The summed E-state index contributed by atoms with van der Waals surface area (Å²) in [6.45, 7) is 5.51. The Hall–Kier alpha value is -2.50.